The van der Waals surface area contributed by atoms with Crippen LogP contribution in [0.2, 0.25) is 0 Å². The van der Waals surface area contributed by atoms with E-state index < -0.39 is 0 Å². The summed E-state index contributed by atoms with van der Waals surface area (Å²) in [6.07, 6.45) is 1.66. The van der Waals surface area contributed by atoms with Gasteiger partial charge in [0.05, 0.1) is 14.2 Å². The van der Waals surface area contributed by atoms with Crippen molar-refractivity contribution in [3.05, 3.63) is 18.2 Å². The Hall–Kier alpha value is -1.02. The number of anilines is 1. The van der Waals surface area contributed by atoms with Gasteiger partial charge in [0.1, 0.15) is 11.5 Å². The highest BCUT2D eigenvalue weighted by Gasteiger charge is 2.24. The third kappa shape index (κ3) is 7.10. The lowest BCUT2D eigenvalue weighted by atomic mass is 10.1. The first-order valence-electron chi connectivity index (χ1n) is 9.23. The van der Waals surface area contributed by atoms with E-state index in [9.17, 15) is 4.79 Å². The minimum Gasteiger partial charge on any atom is -0.497 e. The minimum atomic E-state index is 0. The molecule has 0 aromatic heterocycles. The van der Waals surface area contributed by atoms with E-state index in [1.54, 1.807) is 14.2 Å². The molecule has 0 spiro atoms. The van der Waals surface area contributed by atoms with Gasteiger partial charge in [0, 0.05) is 74.0 Å². The lowest BCUT2D eigenvalue weighted by molar-refractivity contribution is -0.121. The summed E-state index contributed by atoms with van der Waals surface area (Å²) in [6.45, 7) is 3.67. The molecule has 160 valence electrons. The van der Waals surface area contributed by atoms with Crippen molar-refractivity contribution in [2.75, 3.05) is 56.8 Å². The van der Waals surface area contributed by atoms with Crippen LogP contribution in [0, 0.1) is 5.92 Å². The van der Waals surface area contributed by atoms with Crippen LogP contribution in [-0.2, 0) is 4.79 Å². The van der Waals surface area contributed by atoms with E-state index in [0.29, 0.717) is 18.4 Å². The molecule has 28 heavy (non-hydrogen) atoms. The van der Waals surface area contributed by atoms with E-state index in [2.05, 4.69) is 15.5 Å². The zero-order chi connectivity index (χ0) is 18.4. The summed E-state index contributed by atoms with van der Waals surface area (Å²) in [5, 5.41) is 6.54. The molecule has 1 aromatic rings. The van der Waals surface area contributed by atoms with Gasteiger partial charge in [-0.3, -0.25) is 4.79 Å². The molecule has 2 aliphatic heterocycles. The number of methoxy groups -OCH3 is 2. The highest BCUT2D eigenvalue weighted by Crippen LogP contribution is 2.31. The van der Waals surface area contributed by atoms with Gasteiger partial charge in [-0.25, -0.2) is 0 Å². The normalized spacial score (nSPS) is 21.3. The van der Waals surface area contributed by atoms with Crippen LogP contribution in [0.4, 0.5) is 5.69 Å². The van der Waals surface area contributed by atoms with E-state index in [1.165, 1.54) is 0 Å². The van der Waals surface area contributed by atoms with Crippen molar-refractivity contribution in [1.82, 2.24) is 10.6 Å². The van der Waals surface area contributed by atoms with Crippen LogP contribution in [0.25, 0.3) is 0 Å². The van der Waals surface area contributed by atoms with Crippen molar-refractivity contribution >= 4 is 48.2 Å². The van der Waals surface area contributed by atoms with E-state index in [4.69, 9.17) is 9.47 Å². The molecule has 3 rings (SSSR count). The summed E-state index contributed by atoms with van der Waals surface area (Å²) in [6, 6.07) is 6.28. The number of carbonyl (C=O) groups excluding carboxylic acids is 1. The average Bonchev–Trinajstić information content (AvgIpc) is 3.16. The number of hydrogen-bond donors (Lipinski definition) is 2. The number of amides is 1. The molecule has 9 heteroatoms. The van der Waals surface area contributed by atoms with Crippen molar-refractivity contribution in [3.63, 3.8) is 0 Å². The standard InChI is InChI=1S/C19H29N3O3S.2ClH/c1-24-17-8-16(9-18(10-17)25-2)22-5-3-14(12-22)11-21-19(23)7-15-13-26-6-4-20-15;;/h8-10,14-15,20H,3-7,11-13H2,1-2H3,(H,21,23);2*1H. The second-order valence-corrected chi connectivity index (χ2v) is 8.06. The van der Waals surface area contributed by atoms with Gasteiger partial charge < -0.3 is 25.0 Å². The third-order valence-corrected chi connectivity index (χ3v) is 6.14. The second-order valence-electron chi connectivity index (χ2n) is 6.91. The summed E-state index contributed by atoms with van der Waals surface area (Å²) in [5.74, 6) is 4.41. The molecule has 0 bridgehead atoms. The first-order valence-corrected chi connectivity index (χ1v) is 10.4. The zero-order valence-corrected chi connectivity index (χ0v) is 18.9. The highest BCUT2D eigenvalue weighted by atomic mass is 35.5. The van der Waals surface area contributed by atoms with E-state index in [1.807, 2.05) is 30.0 Å². The Morgan fingerprint density at radius 2 is 1.96 bits per heavy atom. The molecule has 2 fully saturated rings. The fourth-order valence-corrected chi connectivity index (χ4v) is 4.46. The molecule has 1 amide bonds. The van der Waals surface area contributed by atoms with Gasteiger partial charge in [-0.15, -0.1) is 24.8 Å². The number of hydrogen-bond acceptors (Lipinski definition) is 6. The lowest BCUT2D eigenvalue weighted by Crippen LogP contribution is -2.42. The summed E-state index contributed by atoms with van der Waals surface area (Å²) in [7, 11) is 3.33. The van der Waals surface area contributed by atoms with Gasteiger partial charge in [-0.2, -0.15) is 11.8 Å². The topological polar surface area (TPSA) is 62.8 Å². The lowest BCUT2D eigenvalue weighted by Gasteiger charge is -2.23. The van der Waals surface area contributed by atoms with Crippen molar-refractivity contribution in [2.24, 2.45) is 5.92 Å². The van der Waals surface area contributed by atoms with Crippen LogP contribution >= 0.6 is 36.6 Å². The number of rotatable bonds is 7. The predicted molar refractivity (Wildman–Crippen MR) is 121 cm³/mol. The van der Waals surface area contributed by atoms with E-state index in [0.717, 1.165) is 61.3 Å². The molecule has 6 nitrogen and oxygen atoms in total. The molecule has 2 atom stereocenters. The molecule has 2 unspecified atom stereocenters. The quantitative estimate of drug-likeness (QED) is 0.663. The Morgan fingerprint density at radius 1 is 1.25 bits per heavy atom. The van der Waals surface area contributed by atoms with Crippen molar-refractivity contribution in [2.45, 2.75) is 18.9 Å². The Kier molecular flexibility index (Phi) is 11.2. The maximum atomic E-state index is 12.2. The number of thioether (sulfide) groups is 1. The molecule has 0 aliphatic carbocycles. The summed E-state index contributed by atoms with van der Waals surface area (Å²) in [5.41, 5.74) is 1.11. The van der Waals surface area contributed by atoms with Gasteiger partial charge >= 0.3 is 0 Å². The molecule has 2 heterocycles. The van der Waals surface area contributed by atoms with Crippen LogP contribution in [0.5, 0.6) is 11.5 Å². The summed E-state index contributed by atoms with van der Waals surface area (Å²) >= 11 is 1.92. The monoisotopic (exact) mass is 451 g/mol. The Bertz CT molecular complexity index is 596. The average molecular weight is 452 g/mol. The van der Waals surface area contributed by atoms with Gasteiger partial charge in [-0.1, -0.05) is 0 Å². The highest BCUT2D eigenvalue weighted by molar-refractivity contribution is 7.99. The predicted octanol–water partition coefficient (Wildman–Crippen LogP) is 2.59. The Balaban J connectivity index is 0.00000196. The molecular weight excluding hydrogens is 421 g/mol. The van der Waals surface area contributed by atoms with Crippen molar-refractivity contribution in [1.29, 1.82) is 0 Å². The van der Waals surface area contributed by atoms with Crippen molar-refractivity contribution in [3.8, 4) is 11.5 Å². The van der Waals surface area contributed by atoms with Gasteiger partial charge in [0.15, 0.2) is 0 Å². The first-order chi connectivity index (χ1) is 12.7. The van der Waals surface area contributed by atoms with Crippen molar-refractivity contribution < 1.29 is 14.3 Å². The molecule has 2 N–H and O–H groups in total. The number of nitrogens with one attached hydrogen (secondary N) is 2. The first kappa shape index (κ1) is 25.0. The van der Waals surface area contributed by atoms with Gasteiger partial charge in [-0.05, 0) is 12.3 Å². The smallest absolute Gasteiger partial charge is 0.221 e. The molecule has 0 saturated carbocycles. The fraction of sp³-hybridized carbons (Fsp3) is 0.632. The number of carbonyl (C=O) groups is 1. The molecular formula is C19H31Cl2N3O3S. The Morgan fingerprint density at radius 3 is 2.57 bits per heavy atom. The fourth-order valence-electron chi connectivity index (χ4n) is 3.51. The summed E-state index contributed by atoms with van der Waals surface area (Å²) < 4.78 is 10.7. The van der Waals surface area contributed by atoms with Crippen LogP contribution in [0.3, 0.4) is 0 Å². The zero-order valence-electron chi connectivity index (χ0n) is 16.4. The molecule has 0 radical (unpaired) electrons. The number of benzene rings is 1. The number of halogens is 2. The van der Waals surface area contributed by atoms with Gasteiger partial charge in [0.2, 0.25) is 5.91 Å². The maximum Gasteiger partial charge on any atom is 0.221 e. The van der Waals surface area contributed by atoms with Crippen LogP contribution in [0.1, 0.15) is 12.8 Å². The molecule has 2 saturated heterocycles. The van der Waals surface area contributed by atoms with Crippen LogP contribution < -0.4 is 25.0 Å². The molecule has 2 aliphatic rings. The largest absolute Gasteiger partial charge is 0.497 e. The van der Waals surface area contributed by atoms with Gasteiger partial charge in [0.25, 0.3) is 0 Å². The van der Waals surface area contributed by atoms with Crippen LogP contribution in [0.15, 0.2) is 18.2 Å². The molecule has 1 aromatic carbocycles. The number of nitrogens with zero attached hydrogens (tertiary/aromatic N) is 1. The van der Waals surface area contributed by atoms with Crippen LogP contribution in [-0.4, -0.2) is 63.9 Å². The SMILES string of the molecule is COc1cc(OC)cc(N2CCC(CNC(=O)CC3CSCCN3)C2)c1.Cl.Cl. The third-order valence-electron chi connectivity index (χ3n) is 5.01. The second kappa shape index (κ2) is 12.5. The minimum absolute atomic E-state index is 0. The Labute approximate surface area is 184 Å². The maximum absolute atomic E-state index is 12.2. The van der Waals surface area contributed by atoms with E-state index >= 15 is 0 Å². The van der Waals surface area contributed by atoms with E-state index in [-0.39, 0.29) is 30.7 Å². The number of ether oxygens (including phenoxy) is 2. The summed E-state index contributed by atoms with van der Waals surface area (Å²) in [4.78, 5) is 14.5.